The van der Waals surface area contributed by atoms with Crippen LogP contribution in [0.25, 0.3) is 0 Å². The maximum atomic E-state index is 6.39. The minimum Gasteiger partial charge on any atom is -0.322 e. The van der Waals surface area contributed by atoms with Gasteiger partial charge in [0.1, 0.15) is 0 Å². The van der Waals surface area contributed by atoms with Crippen molar-refractivity contribution in [3.8, 4) is 0 Å². The van der Waals surface area contributed by atoms with Crippen molar-refractivity contribution in [3.05, 3.63) is 16.9 Å². The molecule has 18 heavy (non-hydrogen) atoms. The van der Waals surface area contributed by atoms with Crippen molar-refractivity contribution >= 4 is 11.6 Å². The number of aromatic nitrogens is 2. The number of hydrogen-bond acceptors (Lipinski definition) is 2. The molecular weight excluding hydrogens is 246 g/mol. The molecular formula is C14H24ClN3. The first-order chi connectivity index (χ1) is 8.63. The molecule has 0 aromatic carbocycles. The standard InChI is InChI=1S/C14H24ClN3/c1-3-4-10-5-7-11(8-6-10)13(16)14-12(15)9-17-18(14)2/h9-11,13H,3-8,16H2,1-2H3. The predicted octanol–water partition coefficient (Wildman–Crippen LogP) is 3.68. The second kappa shape index (κ2) is 6.07. The smallest absolute Gasteiger partial charge is 0.0834 e. The molecule has 0 amide bonds. The molecule has 3 nitrogen and oxygen atoms in total. The molecule has 0 spiro atoms. The summed E-state index contributed by atoms with van der Waals surface area (Å²) in [7, 11) is 1.92. The van der Waals surface area contributed by atoms with Gasteiger partial charge in [-0.1, -0.05) is 44.2 Å². The maximum absolute atomic E-state index is 6.39. The highest BCUT2D eigenvalue weighted by atomic mass is 35.5. The van der Waals surface area contributed by atoms with Crippen LogP contribution in [0.5, 0.6) is 0 Å². The Morgan fingerprint density at radius 3 is 2.61 bits per heavy atom. The summed E-state index contributed by atoms with van der Waals surface area (Å²) in [6.45, 7) is 2.27. The largest absolute Gasteiger partial charge is 0.322 e. The second-order valence-corrected chi connectivity index (χ2v) is 6.00. The number of rotatable bonds is 4. The predicted molar refractivity (Wildman–Crippen MR) is 75.5 cm³/mol. The third kappa shape index (κ3) is 2.89. The summed E-state index contributed by atoms with van der Waals surface area (Å²) in [6, 6.07) is 0.0348. The quantitative estimate of drug-likeness (QED) is 0.906. The Balaban J connectivity index is 1.97. The number of aryl methyl sites for hydroxylation is 1. The van der Waals surface area contributed by atoms with Gasteiger partial charge >= 0.3 is 0 Å². The van der Waals surface area contributed by atoms with E-state index in [9.17, 15) is 0 Å². The van der Waals surface area contributed by atoms with Crippen LogP contribution in [-0.4, -0.2) is 9.78 Å². The third-order valence-corrected chi connectivity index (χ3v) is 4.64. The summed E-state index contributed by atoms with van der Waals surface area (Å²) in [5.41, 5.74) is 7.39. The highest BCUT2D eigenvalue weighted by Crippen LogP contribution is 2.38. The first kappa shape index (κ1) is 13.9. The molecule has 0 bridgehead atoms. The van der Waals surface area contributed by atoms with Crippen LogP contribution in [0, 0.1) is 11.8 Å². The Hall–Kier alpha value is -0.540. The summed E-state index contributed by atoms with van der Waals surface area (Å²) in [5.74, 6) is 1.48. The molecule has 102 valence electrons. The fourth-order valence-corrected chi connectivity index (χ4v) is 3.55. The Morgan fingerprint density at radius 2 is 2.11 bits per heavy atom. The maximum Gasteiger partial charge on any atom is 0.0834 e. The zero-order chi connectivity index (χ0) is 13.1. The topological polar surface area (TPSA) is 43.8 Å². The van der Waals surface area contributed by atoms with Gasteiger partial charge in [0.15, 0.2) is 0 Å². The van der Waals surface area contributed by atoms with E-state index in [-0.39, 0.29) is 6.04 Å². The first-order valence-corrected chi connectivity index (χ1v) is 7.44. The van der Waals surface area contributed by atoms with Crippen LogP contribution in [0.1, 0.15) is 57.2 Å². The lowest BCUT2D eigenvalue weighted by Crippen LogP contribution is -2.28. The minimum absolute atomic E-state index is 0.0348. The van der Waals surface area contributed by atoms with E-state index in [1.54, 1.807) is 6.20 Å². The van der Waals surface area contributed by atoms with Gasteiger partial charge in [0.25, 0.3) is 0 Å². The average Bonchev–Trinajstić information content (AvgIpc) is 2.70. The highest BCUT2D eigenvalue weighted by molar-refractivity contribution is 6.31. The minimum atomic E-state index is 0.0348. The summed E-state index contributed by atoms with van der Waals surface area (Å²) in [5, 5.41) is 4.89. The van der Waals surface area contributed by atoms with Gasteiger partial charge in [0, 0.05) is 7.05 Å². The van der Waals surface area contributed by atoms with Gasteiger partial charge in [0.05, 0.1) is 23.0 Å². The van der Waals surface area contributed by atoms with Gasteiger partial charge in [-0.05, 0) is 24.7 Å². The fourth-order valence-electron chi connectivity index (χ4n) is 3.26. The van der Waals surface area contributed by atoms with E-state index >= 15 is 0 Å². The van der Waals surface area contributed by atoms with Crippen LogP contribution in [0.4, 0.5) is 0 Å². The lowest BCUT2D eigenvalue weighted by molar-refractivity contribution is 0.230. The molecule has 0 radical (unpaired) electrons. The molecule has 0 aliphatic heterocycles. The van der Waals surface area contributed by atoms with Crippen molar-refractivity contribution in [2.45, 2.75) is 51.5 Å². The van der Waals surface area contributed by atoms with E-state index in [1.165, 1.54) is 38.5 Å². The van der Waals surface area contributed by atoms with Crippen LogP contribution in [-0.2, 0) is 7.05 Å². The van der Waals surface area contributed by atoms with Gasteiger partial charge in [-0.15, -0.1) is 0 Å². The van der Waals surface area contributed by atoms with Crippen LogP contribution >= 0.6 is 11.6 Å². The normalized spacial score (nSPS) is 26.2. The number of hydrogen-bond donors (Lipinski definition) is 1. The van der Waals surface area contributed by atoms with Crippen molar-refractivity contribution in [1.29, 1.82) is 0 Å². The van der Waals surface area contributed by atoms with Crippen molar-refractivity contribution in [1.82, 2.24) is 9.78 Å². The van der Waals surface area contributed by atoms with Gasteiger partial charge in [-0.2, -0.15) is 5.10 Å². The summed E-state index contributed by atoms with van der Waals surface area (Å²) < 4.78 is 1.82. The molecule has 1 heterocycles. The van der Waals surface area contributed by atoms with E-state index < -0.39 is 0 Å². The molecule has 2 N–H and O–H groups in total. The van der Waals surface area contributed by atoms with Gasteiger partial charge in [0.2, 0.25) is 0 Å². The van der Waals surface area contributed by atoms with Crippen molar-refractivity contribution < 1.29 is 0 Å². The summed E-state index contributed by atoms with van der Waals surface area (Å²) >= 11 is 6.17. The van der Waals surface area contributed by atoms with Crippen LogP contribution in [0.15, 0.2) is 6.20 Å². The van der Waals surface area contributed by atoms with Gasteiger partial charge in [-0.3, -0.25) is 4.68 Å². The summed E-state index contributed by atoms with van der Waals surface area (Å²) in [4.78, 5) is 0. The monoisotopic (exact) mass is 269 g/mol. The fraction of sp³-hybridized carbons (Fsp3) is 0.786. The van der Waals surface area contributed by atoms with E-state index in [4.69, 9.17) is 17.3 Å². The first-order valence-electron chi connectivity index (χ1n) is 7.06. The molecule has 1 aliphatic carbocycles. The number of nitrogens with zero attached hydrogens (tertiary/aromatic N) is 2. The number of halogens is 1. The van der Waals surface area contributed by atoms with E-state index in [1.807, 2.05) is 11.7 Å². The van der Waals surface area contributed by atoms with Crippen molar-refractivity contribution in [3.63, 3.8) is 0 Å². The molecule has 1 fully saturated rings. The van der Waals surface area contributed by atoms with Crippen molar-refractivity contribution in [2.75, 3.05) is 0 Å². The molecule has 0 saturated heterocycles. The molecule has 2 rings (SSSR count). The van der Waals surface area contributed by atoms with Gasteiger partial charge < -0.3 is 5.73 Å². The van der Waals surface area contributed by atoms with Crippen LogP contribution < -0.4 is 5.73 Å². The zero-order valence-corrected chi connectivity index (χ0v) is 12.2. The SMILES string of the molecule is CCCC1CCC(C(N)c2c(Cl)cnn2C)CC1. The Morgan fingerprint density at radius 1 is 1.44 bits per heavy atom. The zero-order valence-electron chi connectivity index (χ0n) is 11.4. The molecule has 1 aliphatic rings. The molecule has 4 heteroatoms. The second-order valence-electron chi connectivity index (χ2n) is 5.60. The molecule has 1 atom stereocenters. The van der Waals surface area contributed by atoms with E-state index in [2.05, 4.69) is 12.0 Å². The lowest BCUT2D eigenvalue weighted by Gasteiger charge is -2.32. The molecule has 1 saturated carbocycles. The van der Waals surface area contributed by atoms with Crippen LogP contribution in [0.3, 0.4) is 0 Å². The highest BCUT2D eigenvalue weighted by Gasteiger charge is 2.28. The molecule has 1 unspecified atom stereocenters. The lowest BCUT2D eigenvalue weighted by atomic mass is 9.76. The average molecular weight is 270 g/mol. The van der Waals surface area contributed by atoms with Crippen LogP contribution in [0.2, 0.25) is 5.02 Å². The third-order valence-electron chi connectivity index (χ3n) is 4.35. The Kier molecular flexibility index (Phi) is 4.68. The van der Waals surface area contributed by atoms with Crippen molar-refractivity contribution in [2.24, 2.45) is 24.6 Å². The summed E-state index contributed by atoms with van der Waals surface area (Å²) in [6.07, 6.45) is 9.47. The number of nitrogens with two attached hydrogens (primary N) is 1. The van der Waals surface area contributed by atoms with E-state index in [0.717, 1.165) is 11.6 Å². The molecule has 1 aromatic heterocycles. The van der Waals surface area contributed by atoms with Gasteiger partial charge in [-0.25, -0.2) is 0 Å². The van der Waals surface area contributed by atoms with E-state index in [0.29, 0.717) is 10.9 Å². The Labute approximate surface area is 115 Å². The molecule has 1 aromatic rings. The Bertz CT molecular complexity index is 361.